The number of aliphatic hydroxyl groups is 2. The van der Waals surface area contributed by atoms with E-state index < -0.39 is 18.1 Å². The lowest BCUT2D eigenvalue weighted by Gasteiger charge is -2.34. The van der Waals surface area contributed by atoms with Gasteiger partial charge in [-0.2, -0.15) is 0 Å². The quantitative estimate of drug-likeness (QED) is 0.508. The van der Waals surface area contributed by atoms with Crippen molar-refractivity contribution in [3.8, 4) is 0 Å². The second kappa shape index (κ2) is 8.49. The van der Waals surface area contributed by atoms with Crippen molar-refractivity contribution in [1.82, 2.24) is 14.9 Å². The number of fused-ring (bicyclic) bond motifs is 1. The number of hydrogen-bond acceptors (Lipinski definition) is 5. The van der Waals surface area contributed by atoms with Crippen molar-refractivity contribution in [2.75, 3.05) is 6.54 Å². The van der Waals surface area contributed by atoms with Gasteiger partial charge in [0.15, 0.2) is 0 Å². The highest BCUT2D eigenvalue weighted by Gasteiger charge is 2.49. The molecule has 5 rings (SSSR count). The maximum Gasteiger partial charge on any atom is 0.255 e. The summed E-state index contributed by atoms with van der Waals surface area (Å²) in [7, 11) is 0. The first kappa shape index (κ1) is 22.5. The van der Waals surface area contributed by atoms with E-state index in [1.165, 1.54) is 23.1 Å². The third-order valence-corrected chi connectivity index (χ3v) is 7.16. The Morgan fingerprint density at radius 2 is 1.91 bits per heavy atom. The molecule has 3 N–H and O–H groups in total. The molecule has 2 heterocycles. The van der Waals surface area contributed by atoms with Crippen molar-refractivity contribution in [3.63, 3.8) is 0 Å². The van der Waals surface area contributed by atoms with Crippen LogP contribution in [-0.2, 0) is 18.4 Å². The summed E-state index contributed by atoms with van der Waals surface area (Å²) in [6.07, 6.45) is -0.769. The number of rotatable bonds is 5. The first-order valence-corrected chi connectivity index (χ1v) is 11.5. The zero-order valence-corrected chi connectivity index (χ0v) is 19.1. The summed E-state index contributed by atoms with van der Waals surface area (Å²) in [5, 5.41) is 21.8. The summed E-state index contributed by atoms with van der Waals surface area (Å²) < 4.78 is 14.3. The third-order valence-electron chi connectivity index (χ3n) is 6.64. The average molecular weight is 490 g/mol. The van der Waals surface area contributed by atoms with Gasteiger partial charge in [-0.15, -0.1) is 0 Å². The van der Waals surface area contributed by atoms with E-state index >= 15 is 0 Å². The van der Waals surface area contributed by atoms with Crippen molar-refractivity contribution in [2.24, 2.45) is 0 Å². The van der Waals surface area contributed by atoms with Crippen LogP contribution in [0, 0.1) is 5.82 Å². The molecule has 172 valence electrons. The molecule has 33 heavy (non-hydrogen) atoms. The first-order valence-electron chi connectivity index (χ1n) is 10.7. The van der Waals surface area contributed by atoms with Gasteiger partial charge in [0.1, 0.15) is 24.0 Å². The zero-order chi connectivity index (χ0) is 23.3. The average Bonchev–Trinajstić information content (AvgIpc) is 3.62. The van der Waals surface area contributed by atoms with Gasteiger partial charge in [-0.05, 0) is 36.6 Å². The van der Waals surface area contributed by atoms with Gasteiger partial charge in [0.2, 0.25) is 0 Å². The molecule has 2 aromatic carbocycles. The first-order chi connectivity index (χ1) is 15.8. The topological polar surface area (TPSA) is 89.5 Å². The van der Waals surface area contributed by atoms with Gasteiger partial charge < -0.3 is 15.2 Å². The molecule has 0 saturated heterocycles. The number of aliphatic hydroxyl groups excluding tert-OH is 2. The molecule has 6 nitrogen and oxygen atoms in total. The summed E-state index contributed by atoms with van der Waals surface area (Å²) in [6.45, 7) is 0.440. The van der Waals surface area contributed by atoms with Crippen LogP contribution >= 0.6 is 23.2 Å². The van der Waals surface area contributed by atoms with Crippen LogP contribution in [0.1, 0.15) is 47.2 Å². The molecule has 0 amide bonds. The number of nitrogens with zero attached hydrogens (tertiary/aromatic N) is 2. The Balaban J connectivity index is 1.41. The molecule has 1 aromatic heterocycles. The van der Waals surface area contributed by atoms with E-state index in [0.29, 0.717) is 35.1 Å². The van der Waals surface area contributed by atoms with Gasteiger partial charge >= 0.3 is 0 Å². The smallest absolute Gasteiger partial charge is 0.255 e. The number of hydrogen-bond donors (Lipinski definition) is 3. The Hall–Kier alpha value is -2.29. The van der Waals surface area contributed by atoms with E-state index in [9.17, 15) is 19.4 Å². The normalized spacial score (nSPS) is 19.1. The SMILES string of the molecule is O=c1[nH]c(C2(c3cccc(Cl)c3)CC2)nc2c1CN(C(O)C(O)c1cccc(Cl)c1F)CC2. The fourth-order valence-corrected chi connectivity index (χ4v) is 4.95. The van der Waals surface area contributed by atoms with Gasteiger partial charge in [-0.3, -0.25) is 9.69 Å². The predicted molar refractivity (Wildman–Crippen MR) is 123 cm³/mol. The van der Waals surface area contributed by atoms with Crippen molar-refractivity contribution in [2.45, 2.75) is 43.6 Å². The van der Waals surface area contributed by atoms with Gasteiger partial charge in [-0.25, -0.2) is 9.37 Å². The molecule has 2 aliphatic rings. The van der Waals surface area contributed by atoms with Crippen LogP contribution < -0.4 is 5.56 Å². The number of aromatic nitrogens is 2. The van der Waals surface area contributed by atoms with Crippen molar-refractivity contribution in [1.29, 1.82) is 0 Å². The number of benzene rings is 2. The molecule has 3 aromatic rings. The van der Waals surface area contributed by atoms with E-state index in [1.807, 2.05) is 24.3 Å². The van der Waals surface area contributed by atoms with E-state index in [1.54, 1.807) is 0 Å². The minimum Gasteiger partial charge on any atom is -0.384 e. The van der Waals surface area contributed by atoms with Crippen LogP contribution in [0.15, 0.2) is 47.3 Å². The van der Waals surface area contributed by atoms with Crippen LogP contribution in [0.3, 0.4) is 0 Å². The Labute approximate surface area is 199 Å². The molecular weight excluding hydrogens is 468 g/mol. The van der Waals surface area contributed by atoms with E-state index in [4.69, 9.17) is 28.2 Å². The molecule has 1 aliphatic heterocycles. The Bertz CT molecular complexity index is 1280. The molecule has 0 radical (unpaired) electrons. The lowest BCUT2D eigenvalue weighted by atomic mass is 9.94. The molecule has 1 aliphatic carbocycles. The van der Waals surface area contributed by atoms with Crippen LogP contribution in [0.4, 0.5) is 4.39 Å². The largest absolute Gasteiger partial charge is 0.384 e. The van der Waals surface area contributed by atoms with E-state index in [0.717, 1.165) is 18.4 Å². The summed E-state index contributed by atoms with van der Waals surface area (Å²) >= 11 is 12.0. The van der Waals surface area contributed by atoms with Crippen LogP contribution in [-0.4, -0.2) is 37.9 Å². The maximum absolute atomic E-state index is 14.3. The molecule has 9 heteroatoms. The molecule has 0 spiro atoms. The second-order valence-corrected chi connectivity index (χ2v) is 9.50. The number of halogens is 3. The highest BCUT2D eigenvalue weighted by molar-refractivity contribution is 6.31. The Morgan fingerprint density at radius 3 is 2.64 bits per heavy atom. The minimum absolute atomic E-state index is 0.0858. The van der Waals surface area contributed by atoms with Gasteiger partial charge in [0.25, 0.3) is 5.56 Å². The van der Waals surface area contributed by atoms with Crippen molar-refractivity contribution < 1.29 is 14.6 Å². The predicted octanol–water partition coefficient (Wildman–Crippen LogP) is 3.71. The van der Waals surface area contributed by atoms with Crippen LogP contribution in [0.2, 0.25) is 10.0 Å². The lowest BCUT2D eigenvalue weighted by molar-refractivity contribution is -0.0925. The highest BCUT2D eigenvalue weighted by Crippen LogP contribution is 2.52. The van der Waals surface area contributed by atoms with Gasteiger partial charge in [0.05, 0.1) is 21.7 Å². The fourth-order valence-electron chi connectivity index (χ4n) is 4.58. The monoisotopic (exact) mass is 489 g/mol. The highest BCUT2D eigenvalue weighted by atomic mass is 35.5. The van der Waals surface area contributed by atoms with E-state index in [-0.39, 0.29) is 28.1 Å². The Morgan fingerprint density at radius 1 is 1.15 bits per heavy atom. The van der Waals surface area contributed by atoms with Gasteiger partial charge in [0, 0.05) is 30.1 Å². The number of H-pyrrole nitrogens is 1. The molecule has 2 unspecified atom stereocenters. The summed E-state index contributed by atoms with van der Waals surface area (Å²) in [5.74, 6) is -0.147. The van der Waals surface area contributed by atoms with Crippen LogP contribution in [0.25, 0.3) is 0 Å². The fraction of sp³-hybridized carbons (Fsp3) is 0.333. The lowest BCUT2D eigenvalue weighted by Crippen LogP contribution is -2.45. The zero-order valence-electron chi connectivity index (χ0n) is 17.6. The third kappa shape index (κ3) is 3.98. The molecule has 1 saturated carbocycles. The van der Waals surface area contributed by atoms with Gasteiger partial charge in [-0.1, -0.05) is 47.5 Å². The number of nitrogens with one attached hydrogen (secondary N) is 1. The maximum atomic E-state index is 14.3. The number of aromatic amines is 1. The van der Waals surface area contributed by atoms with E-state index in [2.05, 4.69) is 4.98 Å². The summed E-state index contributed by atoms with van der Waals surface area (Å²) in [4.78, 5) is 22.3. The summed E-state index contributed by atoms with van der Waals surface area (Å²) in [6, 6.07) is 11.9. The summed E-state index contributed by atoms with van der Waals surface area (Å²) in [5.41, 5.74) is 1.43. The standard InChI is InChI=1S/C24H22Cl2FN3O3/c25-14-4-1-3-13(11-14)24(8-9-24)23-28-18-7-10-30(12-16(18)21(32)29-23)22(33)20(31)15-5-2-6-17(26)19(15)27/h1-6,11,20,22,31,33H,7-10,12H2,(H,28,29,32). The molecule has 0 bridgehead atoms. The molecule has 2 atom stereocenters. The van der Waals surface area contributed by atoms with Crippen LogP contribution in [0.5, 0.6) is 0 Å². The molecular formula is C24H22Cl2FN3O3. The minimum atomic E-state index is -1.52. The molecule has 1 fully saturated rings. The van der Waals surface area contributed by atoms with Crippen molar-refractivity contribution in [3.05, 3.63) is 96.9 Å². The van der Waals surface area contributed by atoms with Crippen molar-refractivity contribution >= 4 is 23.2 Å². The second-order valence-electron chi connectivity index (χ2n) is 8.65. The Kier molecular flexibility index (Phi) is 5.79.